The van der Waals surface area contributed by atoms with E-state index in [1.165, 1.54) is 5.56 Å². The van der Waals surface area contributed by atoms with Gasteiger partial charge in [0.2, 0.25) is 11.1 Å². The van der Waals surface area contributed by atoms with E-state index in [4.69, 9.17) is 4.74 Å². The first-order valence-corrected chi connectivity index (χ1v) is 11.0. The molecule has 0 aliphatic carbocycles. The van der Waals surface area contributed by atoms with Crippen LogP contribution in [0.1, 0.15) is 24.0 Å². The van der Waals surface area contributed by atoms with Crippen LogP contribution in [0.25, 0.3) is 5.69 Å². The number of ether oxygens (including phenoxy) is 1. The number of aryl methyl sites for hydroxylation is 2. The molecule has 0 fully saturated rings. The summed E-state index contributed by atoms with van der Waals surface area (Å²) in [5.74, 6) is 1.30. The van der Waals surface area contributed by atoms with Crippen molar-refractivity contribution in [3.05, 3.63) is 66.0 Å². The molecule has 1 aliphatic heterocycles. The highest BCUT2D eigenvalue weighted by Crippen LogP contribution is 2.26. The summed E-state index contributed by atoms with van der Waals surface area (Å²) < 4.78 is 20.4. The standard InChI is InChI=1S/C22H23N3O3S/c1-16-3-6-18(7-4-16)25-12-11-23-22(25)29(27)14-2-13-28-19-8-9-20-17(15-19)5-10-21(26)24-20/h3-4,6-9,11-12,15H,2,5,10,13-14H2,1H3,(H,24,26). The minimum absolute atomic E-state index is 0.0534. The third kappa shape index (κ3) is 4.56. The first-order chi connectivity index (χ1) is 14.1. The Balaban J connectivity index is 1.32. The van der Waals surface area contributed by atoms with Crippen LogP contribution < -0.4 is 10.1 Å². The molecule has 2 aromatic carbocycles. The number of fused-ring (bicyclic) bond motifs is 1. The summed E-state index contributed by atoms with van der Waals surface area (Å²) in [5, 5.41) is 3.42. The number of amides is 1. The monoisotopic (exact) mass is 409 g/mol. The van der Waals surface area contributed by atoms with Crippen LogP contribution in [-0.4, -0.2) is 32.0 Å². The van der Waals surface area contributed by atoms with Crippen LogP contribution in [-0.2, 0) is 22.0 Å². The van der Waals surface area contributed by atoms with Crippen LogP contribution in [0.3, 0.4) is 0 Å². The van der Waals surface area contributed by atoms with E-state index in [1.807, 2.05) is 60.2 Å². The van der Waals surface area contributed by atoms with Gasteiger partial charge >= 0.3 is 0 Å². The van der Waals surface area contributed by atoms with Crippen molar-refractivity contribution in [2.24, 2.45) is 0 Å². The maximum atomic E-state index is 12.7. The molecule has 0 saturated heterocycles. The van der Waals surface area contributed by atoms with Gasteiger partial charge < -0.3 is 10.1 Å². The number of benzene rings is 2. The predicted molar refractivity (Wildman–Crippen MR) is 113 cm³/mol. The van der Waals surface area contributed by atoms with Gasteiger partial charge in [-0.2, -0.15) is 0 Å². The van der Waals surface area contributed by atoms with Crippen LogP contribution in [0.5, 0.6) is 5.75 Å². The highest BCUT2D eigenvalue weighted by atomic mass is 32.2. The second-order valence-corrected chi connectivity index (χ2v) is 8.50. The Morgan fingerprint density at radius 2 is 2.00 bits per heavy atom. The highest BCUT2D eigenvalue weighted by Gasteiger charge is 2.15. The van der Waals surface area contributed by atoms with E-state index >= 15 is 0 Å². The van der Waals surface area contributed by atoms with Gasteiger partial charge in [-0.25, -0.2) is 4.98 Å². The average Bonchev–Trinajstić information content (AvgIpc) is 3.21. The minimum Gasteiger partial charge on any atom is -0.494 e. The second-order valence-electron chi connectivity index (χ2n) is 7.03. The molecule has 0 spiro atoms. The number of carbonyl (C=O) groups excluding carboxylic acids is 1. The molecule has 1 unspecified atom stereocenters. The fourth-order valence-corrected chi connectivity index (χ4v) is 4.41. The number of imidazole rings is 1. The van der Waals surface area contributed by atoms with Crippen molar-refractivity contribution >= 4 is 22.4 Å². The molecule has 1 atom stereocenters. The smallest absolute Gasteiger partial charge is 0.224 e. The molecule has 4 rings (SSSR count). The summed E-state index contributed by atoms with van der Waals surface area (Å²) in [7, 11) is -1.21. The molecule has 0 bridgehead atoms. The summed E-state index contributed by atoms with van der Waals surface area (Å²) in [6.07, 6.45) is 5.39. The van der Waals surface area contributed by atoms with Crippen LogP contribution in [0, 0.1) is 6.92 Å². The molecule has 6 nitrogen and oxygen atoms in total. The molecule has 0 radical (unpaired) electrons. The Labute approximate surface area is 172 Å². The van der Waals surface area contributed by atoms with E-state index in [2.05, 4.69) is 10.3 Å². The molecule has 0 saturated carbocycles. The van der Waals surface area contributed by atoms with Gasteiger partial charge in [0, 0.05) is 35.9 Å². The lowest BCUT2D eigenvalue weighted by atomic mass is 10.0. The van der Waals surface area contributed by atoms with Gasteiger partial charge in [-0.1, -0.05) is 17.7 Å². The van der Waals surface area contributed by atoms with E-state index in [-0.39, 0.29) is 5.91 Å². The SMILES string of the molecule is Cc1ccc(-n2ccnc2S(=O)CCCOc2ccc3c(c2)CCC(=O)N3)cc1. The largest absolute Gasteiger partial charge is 0.494 e. The summed E-state index contributed by atoms with van der Waals surface area (Å²) in [5.41, 5.74) is 4.08. The number of aromatic nitrogens is 2. The topological polar surface area (TPSA) is 73.2 Å². The molecule has 1 aliphatic rings. The van der Waals surface area contributed by atoms with Gasteiger partial charge in [-0.3, -0.25) is 13.6 Å². The zero-order valence-corrected chi connectivity index (χ0v) is 17.1. The number of nitrogens with zero attached hydrogens (tertiary/aromatic N) is 2. The summed E-state index contributed by atoms with van der Waals surface area (Å²) in [6, 6.07) is 13.7. The Bertz CT molecular complexity index is 1040. The van der Waals surface area contributed by atoms with Gasteiger partial charge in [-0.15, -0.1) is 0 Å². The molecule has 1 aromatic heterocycles. The minimum atomic E-state index is -1.21. The normalized spacial score (nSPS) is 14.2. The van der Waals surface area contributed by atoms with E-state index in [9.17, 15) is 9.00 Å². The third-order valence-electron chi connectivity index (χ3n) is 4.84. The third-order valence-corrected chi connectivity index (χ3v) is 6.21. The predicted octanol–water partition coefficient (Wildman–Crippen LogP) is 3.64. The van der Waals surface area contributed by atoms with Gasteiger partial charge in [0.05, 0.1) is 17.4 Å². The number of hydrogen-bond acceptors (Lipinski definition) is 4. The van der Waals surface area contributed by atoms with Gasteiger partial charge in [0.1, 0.15) is 5.75 Å². The number of rotatable bonds is 7. The molecular formula is C22H23N3O3S. The van der Waals surface area contributed by atoms with Crippen LogP contribution in [0.15, 0.2) is 60.0 Å². The van der Waals surface area contributed by atoms with Gasteiger partial charge in [-0.05, 0) is 55.7 Å². The fraction of sp³-hybridized carbons (Fsp3) is 0.273. The summed E-state index contributed by atoms with van der Waals surface area (Å²) >= 11 is 0. The molecule has 3 aromatic rings. The Morgan fingerprint density at radius 1 is 1.17 bits per heavy atom. The average molecular weight is 410 g/mol. The second kappa shape index (κ2) is 8.61. The molecule has 29 heavy (non-hydrogen) atoms. The molecule has 2 heterocycles. The van der Waals surface area contributed by atoms with Crippen LogP contribution >= 0.6 is 0 Å². The lowest BCUT2D eigenvalue weighted by molar-refractivity contribution is -0.116. The van der Waals surface area contributed by atoms with Crippen LogP contribution in [0.4, 0.5) is 5.69 Å². The molecule has 1 amide bonds. The van der Waals surface area contributed by atoms with E-state index in [0.717, 1.165) is 29.1 Å². The first-order valence-electron chi connectivity index (χ1n) is 9.64. The lowest BCUT2D eigenvalue weighted by Crippen LogP contribution is -2.18. The van der Waals surface area contributed by atoms with Crippen molar-refractivity contribution in [2.75, 3.05) is 17.7 Å². The van der Waals surface area contributed by atoms with Crippen molar-refractivity contribution < 1.29 is 13.7 Å². The quantitative estimate of drug-likeness (QED) is 0.605. The Hall–Kier alpha value is -2.93. The van der Waals surface area contributed by atoms with Gasteiger partial charge in [0.25, 0.3) is 0 Å². The molecule has 7 heteroatoms. The van der Waals surface area contributed by atoms with Crippen molar-refractivity contribution in [2.45, 2.75) is 31.3 Å². The Morgan fingerprint density at radius 3 is 2.83 bits per heavy atom. The van der Waals surface area contributed by atoms with Crippen molar-refractivity contribution in [3.63, 3.8) is 0 Å². The zero-order chi connectivity index (χ0) is 20.2. The summed E-state index contributed by atoms with van der Waals surface area (Å²) in [4.78, 5) is 15.7. The molecule has 150 valence electrons. The number of carbonyl (C=O) groups is 1. The van der Waals surface area contributed by atoms with Crippen molar-refractivity contribution in [1.82, 2.24) is 9.55 Å². The van der Waals surface area contributed by atoms with E-state index in [1.54, 1.807) is 6.20 Å². The first kappa shape index (κ1) is 19.4. The zero-order valence-electron chi connectivity index (χ0n) is 16.3. The number of anilines is 1. The Kier molecular flexibility index (Phi) is 5.76. The molecular weight excluding hydrogens is 386 g/mol. The lowest BCUT2D eigenvalue weighted by Gasteiger charge is -2.17. The molecule has 1 N–H and O–H groups in total. The van der Waals surface area contributed by atoms with Gasteiger partial charge in [0.15, 0.2) is 0 Å². The number of hydrogen-bond donors (Lipinski definition) is 1. The maximum Gasteiger partial charge on any atom is 0.224 e. The maximum absolute atomic E-state index is 12.7. The fourth-order valence-electron chi connectivity index (χ4n) is 3.28. The van der Waals surface area contributed by atoms with Crippen LogP contribution in [0.2, 0.25) is 0 Å². The highest BCUT2D eigenvalue weighted by molar-refractivity contribution is 7.84. The van der Waals surface area contributed by atoms with E-state index in [0.29, 0.717) is 30.4 Å². The number of nitrogens with one attached hydrogen (secondary N) is 1. The summed E-state index contributed by atoms with van der Waals surface area (Å²) in [6.45, 7) is 2.51. The van der Waals surface area contributed by atoms with Crippen molar-refractivity contribution in [1.29, 1.82) is 0 Å². The van der Waals surface area contributed by atoms with E-state index < -0.39 is 10.8 Å². The van der Waals surface area contributed by atoms with Crippen molar-refractivity contribution in [3.8, 4) is 11.4 Å².